The van der Waals surface area contributed by atoms with Crippen molar-refractivity contribution in [1.29, 1.82) is 0 Å². The lowest BCUT2D eigenvalue weighted by Gasteiger charge is -2.28. The number of hydrogen-bond acceptors (Lipinski definition) is 0. The molecule has 0 aromatic rings. The summed E-state index contributed by atoms with van der Waals surface area (Å²) in [6.07, 6.45) is 50.3. The SMILES string of the molecule is CCCCCCCCCCC(CCCCCCCCC)C(CCCCCCCCC)CCCCCCCCCC. The molecule has 0 aliphatic carbocycles. The summed E-state index contributed by atoms with van der Waals surface area (Å²) in [5.41, 5.74) is 0. The van der Waals surface area contributed by atoms with E-state index in [0.29, 0.717) is 0 Å². The molecule has 0 saturated carbocycles. The van der Waals surface area contributed by atoms with Gasteiger partial charge in [0.1, 0.15) is 0 Å². The van der Waals surface area contributed by atoms with E-state index in [-0.39, 0.29) is 0 Å². The summed E-state index contributed by atoms with van der Waals surface area (Å²) >= 11 is 0. The van der Waals surface area contributed by atoms with Crippen molar-refractivity contribution in [2.75, 3.05) is 0 Å². The van der Waals surface area contributed by atoms with Crippen LogP contribution in [0.2, 0.25) is 0 Å². The maximum atomic E-state index is 2.34. The summed E-state index contributed by atoms with van der Waals surface area (Å²) < 4.78 is 0. The Labute approximate surface area is 257 Å². The number of hydrogen-bond donors (Lipinski definition) is 0. The van der Waals surface area contributed by atoms with Crippen molar-refractivity contribution in [2.24, 2.45) is 11.8 Å². The third kappa shape index (κ3) is 29.5. The van der Waals surface area contributed by atoms with E-state index in [9.17, 15) is 0 Å². The molecule has 0 spiro atoms. The molecule has 0 rings (SSSR count). The Bertz CT molecular complexity index is 386. The molecule has 0 fully saturated rings. The van der Waals surface area contributed by atoms with Crippen LogP contribution in [-0.2, 0) is 0 Å². The van der Waals surface area contributed by atoms with E-state index in [2.05, 4.69) is 27.7 Å². The van der Waals surface area contributed by atoms with Crippen LogP contribution < -0.4 is 0 Å². The zero-order valence-electron chi connectivity index (χ0n) is 29.2. The van der Waals surface area contributed by atoms with Gasteiger partial charge in [-0.05, 0) is 11.8 Å². The second-order valence-corrected chi connectivity index (χ2v) is 13.9. The average Bonchev–Trinajstić information content (AvgIpc) is 2.96. The lowest BCUT2D eigenvalue weighted by molar-refractivity contribution is 0.236. The summed E-state index contributed by atoms with van der Waals surface area (Å²) in [6.45, 7) is 9.35. The van der Waals surface area contributed by atoms with Gasteiger partial charge < -0.3 is 0 Å². The van der Waals surface area contributed by atoms with Crippen molar-refractivity contribution in [3.8, 4) is 0 Å². The van der Waals surface area contributed by atoms with Gasteiger partial charge in [0.2, 0.25) is 0 Å². The van der Waals surface area contributed by atoms with Crippen LogP contribution in [-0.4, -0.2) is 0 Å². The molecule has 2 atom stereocenters. The van der Waals surface area contributed by atoms with Crippen molar-refractivity contribution in [3.05, 3.63) is 0 Å². The molecular weight excluding hydrogens is 480 g/mol. The molecule has 0 heterocycles. The molecule has 40 heavy (non-hydrogen) atoms. The third-order valence-corrected chi connectivity index (χ3v) is 9.88. The predicted octanol–water partition coefficient (Wildman–Crippen LogP) is 15.6. The van der Waals surface area contributed by atoms with E-state index in [0.717, 1.165) is 11.8 Å². The normalized spacial score (nSPS) is 13.2. The zero-order chi connectivity index (χ0) is 29.2. The van der Waals surface area contributed by atoms with Crippen LogP contribution >= 0.6 is 0 Å². The molecule has 0 radical (unpaired) electrons. The standard InChI is InChI=1S/C40H82/c1-5-9-13-17-21-25-29-33-37-39(35-31-27-23-19-15-11-7-3)40(36-32-28-24-20-16-12-8-4)38-34-30-26-22-18-14-10-6-2/h39-40H,5-38H2,1-4H3. The molecule has 0 aliphatic rings. The highest BCUT2D eigenvalue weighted by Gasteiger charge is 2.20. The van der Waals surface area contributed by atoms with Gasteiger partial charge in [0.15, 0.2) is 0 Å². The fourth-order valence-electron chi connectivity index (χ4n) is 7.04. The maximum absolute atomic E-state index is 2.34. The molecule has 0 heteroatoms. The first-order chi connectivity index (χ1) is 19.8. The van der Waals surface area contributed by atoms with Gasteiger partial charge in [-0.2, -0.15) is 0 Å². The lowest BCUT2D eigenvalue weighted by atomic mass is 9.78. The summed E-state index contributed by atoms with van der Waals surface area (Å²) in [5, 5.41) is 0. The topological polar surface area (TPSA) is 0 Å². The van der Waals surface area contributed by atoms with Gasteiger partial charge in [-0.15, -0.1) is 0 Å². The van der Waals surface area contributed by atoms with Gasteiger partial charge >= 0.3 is 0 Å². The average molecular weight is 563 g/mol. The summed E-state index contributed by atoms with van der Waals surface area (Å²) in [6, 6.07) is 0. The first-order valence-corrected chi connectivity index (χ1v) is 19.8. The van der Waals surface area contributed by atoms with Crippen LogP contribution in [0.1, 0.15) is 246 Å². The number of unbranched alkanes of at least 4 members (excludes halogenated alkanes) is 26. The first-order valence-electron chi connectivity index (χ1n) is 19.8. The molecule has 0 aromatic heterocycles. The predicted molar refractivity (Wildman–Crippen MR) is 187 cm³/mol. The minimum atomic E-state index is 1.03. The van der Waals surface area contributed by atoms with Crippen LogP contribution in [0.25, 0.3) is 0 Å². The Morgan fingerprint density at radius 2 is 0.350 bits per heavy atom. The highest BCUT2D eigenvalue weighted by atomic mass is 14.3. The van der Waals surface area contributed by atoms with Crippen LogP contribution in [0, 0.1) is 11.8 Å². The molecule has 0 nitrogen and oxygen atoms in total. The largest absolute Gasteiger partial charge is 0.0654 e. The van der Waals surface area contributed by atoms with E-state index in [4.69, 9.17) is 0 Å². The molecular formula is C40H82. The minimum Gasteiger partial charge on any atom is -0.0654 e. The molecule has 0 saturated heterocycles. The van der Waals surface area contributed by atoms with Gasteiger partial charge in [0, 0.05) is 0 Å². The summed E-state index contributed by atoms with van der Waals surface area (Å²) in [4.78, 5) is 0. The van der Waals surface area contributed by atoms with Gasteiger partial charge in [-0.1, -0.05) is 246 Å². The van der Waals surface area contributed by atoms with Crippen LogP contribution in [0.5, 0.6) is 0 Å². The summed E-state index contributed by atoms with van der Waals surface area (Å²) in [5.74, 6) is 2.06. The van der Waals surface area contributed by atoms with Crippen LogP contribution in [0.4, 0.5) is 0 Å². The van der Waals surface area contributed by atoms with Crippen molar-refractivity contribution in [2.45, 2.75) is 246 Å². The molecule has 2 unspecified atom stereocenters. The van der Waals surface area contributed by atoms with E-state index in [1.165, 1.54) is 193 Å². The van der Waals surface area contributed by atoms with E-state index >= 15 is 0 Å². The van der Waals surface area contributed by atoms with Gasteiger partial charge in [-0.25, -0.2) is 0 Å². The fraction of sp³-hybridized carbons (Fsp3) is 1.00. The van der Waals surface area contributed by atoms with Crippen LogP contribution in [0.3, 0.4) is 0 Å². The smallest absolute Gasteiger partial charge is 0.0386 e. The molecule has 0 N–H and O–H groups in total. The first kappa shape index (κ1) is 40.0. The van der Waals surface area contributed by atoms with Gasteiger partial charge in [0.05, 0.1) is 0 Å². The minimum absolute atomic E-state index is 1.03. The Balaban J connectivity index is 4.72. The zero-order valence-corrected chi connectivity index (χ0v) is 29.2. The fourth-order valence-corrected chi connectivity index (χ4v) is 7.04. The monoisotopic (exact) mass is 563 g/mol. The van der Waals surface area contributed by atoms with Gasteiger partial charge in [0.25, 0.3) is 0 Å². The third-order valence-electron chi connectivity index (χ3n) is 9.88. The Hall–Kier alpha value is 0. The van der Waals surface area contributed by atoms with Crippen molar-refractivity contribution >= 4 is 0 Å². The molecule has 0 aliphatic heterocycles. The highest BCUT2D eigenvalue weighted by Crippen LogP contribution is 2.34. The lowest BCUT2D eigenvalue weighted by Crippen LogP contribution is -2.16. The molecule has 0 aromatic carbocycles. The van der Waals surface area contributed by atoms with E-state index in [1.807, 2.05) is 0 Å². The number of rotatable bonds is 35. The molecule has 0 bridgehead atoms. The van der Waals surface area contributed by atoms with E-state index < -0.39 is 0 Å². The Kier molecular flexibility index (Phi) is 35.2. The van der Waals surface area contributed by atoms with Crippen LogP contribution in [0.15, 0.2) is 0 Å². The van der Waals surface area contributed by atoms with Crippen molar-refractivity contribution in [1.82, 2.24) is 0 Å². The Morgan fingerprint density at radius 1 is 0.200 bits per heavy atom. The summed E-state index contributed by atoms with van der Waals surface area (Å²) in [7, 11) is 0. The second-order valence-electron chi connectivity index (χ2n) is 13.9. The quantitative estimate of drug-likeness (QED) is 0.0674. The highest BCUT2D eigenvalue weighted by molar-refractivity contribution is 4.72. The second kappa shape index (κ2) is 35.2. The Morgan fingerprint density at radius 3 is 0.525 bits per heavy atom. The van der Waals surface area contributed by atoms with Crippen molar-refractivity contribution < 1.29 is 0 Å². The molecule has 0 amide bonds. The molecule has 242 valence electrons. The van der Waals surface area contributed by atoms with Gasteiger partial charge in [-0.3, -0.25) is 0 Å². The van der Waals surface area contributed by atoms with Crippen molar-refractivity contribution in [3.63, 3.8) is 0 Å². The maximum Gasteiger partial charge on any atom is -0.0386 e. The van der Waals surface area contributed by atoms with E-state index in [1.54, 1.807) is 25.7 Å².